The van der Waals surface area contributed by atoms with Crippen LogP contribution in [0.5, 0.6) is 0 Å². The maximum atomic E-state index is 12.1. The Labute approximate surface area is 122 Å². The van der Waals surface area contributed by atoms with Crippen LogP contribution in [-0.4, -0.2) is 18.7 Å². The van der Waals surface area contributed by atoms with Crippen LogP contribution < -0.4 is 5.43 Å². The van der Waals surface area contributed by atoms with Crippen LogP contribution in [0.1, 0.15) is 23.5 Å². The third-order valence-corrected chi connectivity index (χ3v) is 3.77. The van der Waals surface area contributed by atoms with E-state index in [4.69, 9.17) is 4.74 Å². The summed E-state index contributed by atoms with van der Waals surface area (Å²) in [6, 6.07) is 13.2. The number of methoxy groups -OCH3 is 1. The molecule has 0 aliphatic carbocycles. The predicted molar refractivity (Wildman–Crippen MR) is 80.9 cm³/mol. The molecule has 1 aromatic heterocycles. The summed E-state index contributed by atoms with van der Waals surface area (Å²) in [6.45, 7) is 1.86. The molecule has 0 unspecified atom stereocenters. The van der Waals surface area contributed by atoms with Crippen molar-refractivity contribution >= 4 is 23.0 Å². The molecule has 1 heterocycles. The van der Waals surface area contributed by atoms with Crippen LogP contribution in [0.15, 0.2) is 52.9 Å². The average molecular weight is 288 g/mol. The highest BCUT2D eigenvalue weighted by atomic mass is 32.1. The van der Waals surface area contributed by atoms with Gasteiger partial charge < -0.3 is 4.74 Å². The number of amides is 1. The van der Waals surface area contributed by atoms with Gasteiger partial charge in [-0.25, -0.2) is 5.43 Å². The van der Waals surface area contributed by atoms with Crippen molar-refractivity contribution in [3.63, 3.8) is 0 Å². The summed E-state index contributed by atoms with van der Waals surface area (Å²) in [7, 11) is 1.51. The van der Waals surface area contributed by atoms with Crippen molar-refractivity contribution in [2.24, 2.45) is 5.10 Å². The first kappa shape index (κ1) is 14.4. The molecule has 2 rings (SSSR count). The Morgan fingerprint density at radius 2 is 2.00 bits per heavy atom. The molecule has 1 amide bonds. The highest BCUT2D eigenvalue weighted by Gasteiger charge is 2.19. The lowest BCUT2D eigenvalue weighted by molar-refractivity contribution is -0.131. The predicted octanol–water partition coefficient (Wildman–Crippen LogP) is 2.98. The van der Waals surface area contributed by atoms with Crippen molar-refractivity contribution in [1.29, 1.82) is 0 Å². The van der Waals surface area contributed by atoms with E-state index in [1.54, 1.807) is 11.3 Å². The molecule has 1 atom stereocenters. The largest absolute Gasteiger partial charge is 0.367 e. The molecule has 2 aromatic rings. The van der Waals surface area contributed by atoms with Crippen LogP contribution in [0.2, 0.25) is 0 Å². The normalized spacial score (nSPS) is 13.0. The fourth-order valence-corrected chi connectivity index (χ4v) is 2.44. The minimum Gasteiger partial charge on any atom is -0.367 e. The summed E-state index contributed by atoms with van der Waals surface area (Å²) < 4.78 is 5.24. The highest BCUT2D eigenvalue weighted by molar-refractivity contribution is 7.12. The van der Waals surface area contributed by atoms with Gasteiger partial charge in [-0.2, -0.15) is 5.10 Å². The Morgan fingerprint density at radius 3 is 2.60 bits per heavy atom. The van der Waals surface area contributed by atoms with E-state index in [0.717, 1.165) is 16.2 Å². The molecule has 1 N–H and O–H groups in total. The fraction of sp³-hybridized carbons (Fsp3) is 0.200. The minimum absolute atomic E-state index is 0.283. The van der Waals surface area contributed by atoms with E-state index in [-0.39, 0.29) is 5.91 Å². The zero-order chi connectivity index (χ0) is 14.4. The van der Waals surface area contributed by atoms with Crippen LogP contribution in [0.3, 0.4) is 0 Å². The summed E-state index contributed by atoms with van der Waals surface area (Å²) >= 11 is 1.58. The zero-order valence-electron chi connectivity index (χ0n) is 11.4. The lowest BCUT2D eigenvalue weighted by Gasteiger charge is -2.13. The number of benzene rings is 1. The van der Waals surface area contributed by atoms with Gasteiger partial charge in [0.2, 0.25) is 0 Å². The Kier molecular flexibility index (Phi) is 5.03. The van der Waals surface area contributed by atoms with Gasteiger partial charge in [0, 0.05) is 12.0 Å². The fourth-order valence-electron chi connectivity index (χ4n) is 1.76. The van der Waals surface area contributed by atoms with Crippen molar-refractivity contribution < 1.29 is 9.53 Å². The topological polar surface area (TPSA) is 50.7 Å². The highest BCUT2D eigenvalue weighted by Crippen LogP contribution is 2.16. The molecule has 104 valence electrons. The van der Waals surface area contributed by atoms with Gasteiger partial charge in [0.05, 0.1) is 5.71 Å². The zero-order valence-corrected chi connectivity index (χ0v) is 12.2. The molecule has 0 saturated heterocycles. The van der Waals surface area contributed by atoms with Crippen molar-refractivity contribution in [2.75, 3.05) is 7.11 Å². The molecule has 20 heavy (non-hydrogen) atoms. The molecule has 0 spiro atoms. The summed E-state index contributed by atoms with van der Waals surface area (Å²) in [5, 5.41) is 6.08. The van der Waals surface area contributed by atoms with Crippen LogP contribution in [0.4, 0.5) is 0 Å². The third-order valence-electron chi connectivity index (χ3n) is 2.79. The number of hydrogen-bond donors (Lipinski definition) is 1. The number of rotatable bonds is 5. The number of thiophene rings is 1. The first-order valence-corrected chi connectivity index (χ1v) is 7.06. The van der Waals surface area contributed by atoms with E-state index in [0.29, 0.717) is 0 Å². The van der Waals surface area contributed by atoms with Gasteiger partial charge in [0.1, 0.15) is 0 Å². The van der Waals surface area contributed by atoms with E-state index in [1.807, 2.05) is 54.8 Å². The van der Waals surface area contributed by atoms with Gasteiger partial charge in [0.15, 0.2) is 6.10 Å². The summed E-state index contributed by atoms with van der Waals surface area (Å²) in [5.74, 6) is -0.283. The molecule has 0 radical (unpaired) electrons. The van der Waals surface area contributed by atoms with E-state index < -0.39 is 6.10 Å². The summed E-state index contributed by atoms with van der Waals surface area (Å²) in [6.07, 6.45) is -0.656. The van der Waals surface area contributed by atoms with Gasteiger partial charge in [-0.1, -0.05) is 36.4 Å². The van der Waals surface area contributed by atoms with Crippen molar-refractivity contribution in [3.8, 4) is 0 Å². The van der Waals surface area contributed by atoms with Gasteiger partial charge in [-0.15, -0.1) is 11.3 Å². The molecule has 0 saturated carbocycles. The SMILES string of the molecule is CO[C@H](C(=O)N/N=C(/C)c1cccs1)c1ccccc1. The number of hydrogen-bond acceptors (Lipinski definition) is 4. The Balaban J connectivity index is 2.05. The van der Waals surface area contributed by atoms with E-state index in [2.05, 4.69) is 10.5 Å². The second-order valence-electron chi connectivity index (χ2n) is 4.18. The molecule has 0 bridgehead atoms. The van der Waals surface area contributed by atoms with Crippen LogP contribution >= 0.6 is 11.3 Å². The van der Waals surface area contributed by atoms with Gasteiger partial charge in [-0.3, -0.25) is 4.79 Å². The second kappa shape index (κ2) is 6.98. The average Bonchev–Trinajstić information content (AvgIpc) is 3.01. The smallest absolute Gasteiger partial charge is 0.273 e. The van der Waals surface area contributed by atoms with Crippen LogP contribution in [0, 0.1) is 0 Å². The standard InChI is InChI=1S/C15H16N2O2S/c1-11(13-9-6-10-20-13)16-17-15(18)14(19-2)12-7-4-3-5-8-12/h3-10,14H,1-2H3,(H,17,18)/b16-11-/t14-/m0/s1. The lowest BCUT2D eigenvalue weighted by Crippen LogP contribution is -2.27. The van der Waals surface area contributed by atoms with Crippen LogP contribution in [0.25, 0.3) is 0 Å². The monoisotopic (exact) mass is 288 g/mol. The van der Waals surface area contributed by atoms with Crippen LogP contribution in [-0.2, 0) is 9.53 Å². The summed E-state index contributed by atoms with van der Waals surface area (Å²) in [4.78, 5) is 13.1. The third kappa shape index (κ3) is 3.53. The molecule has 1 aromatic carbocycles. The number of nitrogens with zero attached hydrogens (tertiary/aromatic N) is 1. The first-order valence-electron chi connectivity index (χ1n) is 6.18. The van der Waals surface area contributed by atoms with E-state index in [1.165, 1.54) is 7.11 Å². The van der Waals surface area contributed by atoms with E-state index >= 15 is 0 Å². The van der Waals surface area contributed by atoms with E-state index in [9.17, 15) is 4.79 Å². The second-order valence-corrected chi connectivity index (χ2v) is 5.12. The quantitative estimate of drug-likeness (QED) is 0.679. The minimum atomic E-state index is -0.656. The van der Waals surface area contributed by atoms with Crippen molar-refractivity contribution in [2.45, 2.75) is 13.0 Å². The molecular formula is C15H16N2O2S. The number of nitrogens with one attached hydrogen (secondary N) is 1. The lowest BCUT2D eigenvalue weighted by atomic mass is 10.1. The Hall–Kier alpha value is -1.98. The summed E-state index contributed by atoms with van der Waals surface area (Å²) in [5.41, 5.74) is 4.13. The number of carbonyl (C=O) groups is 1. The number of ether oxygens (including phenoxy) is 1. The van der Waals surface area contributed by atoms with Gasteiger partial charge in [-0.05, 0) is 23.9 Å². The molecule has 0 fully saturated rings. The number of carbonyl (C=O) groups excluding carboxylic acids is 1. The van der Waals surface area contributed by atoms with Gasteiger partial charge >= 0.3 is 0 Å². The molecule has 0 aliphatic rings. The maximum Gasteiger partial charge on any atom is 0.273 e. The molecular weight excluding hydrogens is 272 g/mol. The maximum absolute atomic E-state index is 12.1. The Morgan fingerprint density at radius 1 is 1.25 bits per heavy atom. The van der Waals surface area contributed by atoms with Crippen molar-refractivity contribution in [1.82, 2.24) is 5.43 Å². The van der Waals surface area contributed by atoms with Gasteiger partial charge in [0.25, 0.3) is 5.91 Å². The molecule has 0 aliphatic heterocycles. The molecule has 4 nitrogen and oxygen atoms in total. The van der Waals surface area contributed by atoms with Crippen molar-refractivity contribution in [3.05, 3.63) is 58.3 Å². The Bertz CT molecular complexity index is 579. The number of hydrazone groups is 1. The first-order chi connectivity index (χ1) is 9.72. The molecule has 5 heteroatoms.